The van der Waals surface area contributed by atoms with Gasteiger partial charge in [0.25, 0.3) is 0 Å². The van der Waals surface area contributed by atoms with Crippen LogP contribution in [0, 0.1) is 6.92 Å². The van der Waals surface area contributed by atoms with E-state index in [1.54, 1.807) is 18.5 Å². The minimum absolute atomic E-state index is 0.607. The number of hydrogen-bond acceptors (Lipinski definition) is 3. The molecule has 3 nitrogen and oxygen atoms in total. The molecule has 0 atom stereocenters. The van der Waals surface area contributed by atoms with Gasteiger partial charge in [-0.3, -0.25) is 4.98 Å². The molecule has 0 fully saturated rings. The fraction of sp³-hybridized carbons (Fsp3) is 0.0833. The molecular formula is C12H13N3. The van der Waals surface area contributed by atoms with Gasteiger partial charge in [-0.2, -0.15) is 0 Å². The highest BCUT2D eigenvalue weighted by Gasteiger charge is 2.06. The van der Waals surface area contributed by atoms with Crippen LogP contribution in [0.2, 0.25) is 0 Å². The molecule has 1 aromatic carbocycles. The average Bonchev–Trinajstić information content (AvgIpc) is 2.23. The van der Waals surface area contributed by atoms with Gasteiger partial charge in [-0.05, 0) is 24.6 Å². The summed E-state index contributed by atoms with van der Waals surface area (Å²) in [6, 6.07) is 7.60. The van der Waals surface area contributed by atoms with E-state index in [0.29, 0.717) is 11.4 Å². The van der Waals surface area contributed by atoms with Crippen molar-refractivity contribution in [1.82, 2.24) is 4.98 Å². The molecule has 2 rings (SSSR count). The SMILES string of the molecule is Cc1ccncc1-c1cccc(N)c1N. The monoisotopic (exact) mass is 199 g/mol. The molecule has 0 saturated carbocycles. The highest BCUT2D eigenvalue weighted by atomic mass is 14.7. The van der Waals surface area contributed by atoms with Crippen molar-refractivity contribution in [2.45, 2.75) is 6.92 Å². The maximum atomic E-state index is 5.93. The van der Waals surface area contributed by atoms with Crippen molar-refractivity contribution >= 4 is 11.4 Å². The largest absolute Gasteiger partial charge is 0.397 e. The molecule has 0 aliphatic heterocycles. The highest BCUT2D eigenvalue weighted by Crippen LogP contribution is 2.31. The summed E-state index contributed by atoms with van der Waals surface area (Å²) in [7, 11) is 0. The van der Waals surface area contributed by atoms with E-state index in [1.807, 2.05) is 25.1 Å². The lowest BCUT2D eigenvalue weighted by molar-refractivity contribution is 1.29. The van der Waals surface area contributed by atoms with Crippen LogP contribution in [0.5, 0.6) is 0 Å². The van der Waals surface area contributed by atoms with Crippen molar-refractivity contribution in [3.8, 4) is 11.1 Å². The first kappa shape index (κ1) is 9.52. The molecular weight excluding hydrogens is 186 g/mol. The van der Waals surface area contributed by atoms with Crippen LogP contribution in [0.1, 0.15) is 5.56 Å². The zero-order valence-corrected chi connectivity index (χ0v) is 8.57. The summed E-state index contributed by atoms with van der Waals surface area (Å²) in [5.41, 5.74) is 16.0. The first-order chi connectivity index (χ1) is 7.20. The Kier molecular flexibility index (Phi) is 2.29. The molecule has 4 N–H and O–H groups in total. The summed E-state index contributed by atoms with van der Waals surface area (Å²) >= 11 is 0. The minimum Gasteiger partial charge on any atom is -0.397 e. The smallest absolute Gasteiger partial charge is 0.0628 e. The Morgan fingerprint density at radius 1 is 1.07 bits per heavy atom. The molecule has 76 valence electrons. The predicted molar refractivity (Wildman–Crippen MR) is 63.2 cm³/mol. The van der Waals surface area contributed by atoms with Crippen molar-refractivity contribution in [2.75, 3.05) is 11.5 Å². The number of nitrogens with zero attached hydrogens (tertiary/aromatic N) is 1. The molecule has 15 heavy (non-hydrogen) atoms. The summed E-state index contributed by atoms with van der Waals surface area (Å²) in [6.07, 6.45) is 3.57. The molecule has 0 spiro atoms. The van der Waals surface area contributed by atoms with Gasteiger partial charge in [0, 0.05) is 23.5 Å². The maximum absolute atomic E-state index is 5.93. The molecule has 0 saturated heterocycles. The van der Waals surface area contributed by atoms with Crippen LogP contribution in [0.15, 0.2) is 36.7 Å². The third kappa shape index (κ3) is 1.64. The Labute approximate surface area is 88.8 Å². The van der Waals surface area contributed by atoms with Gasteiger partial charge in [-0.1, -0.05) is 12.1 Å². The molecule has 1 aromatic heterocycles. The molecule has 1 heterocycles. The van der Waals surface area contributed by atoms with E-state index in [9.17, 15) is 0 Å². The normalized spacial score (nSPS) is 10.2. The Morgan fingerprint density at radius 2 is 1.87 bits per heavy atom. The van der Waals surface area contributed by atoms with E-state index in [0.717, 1.165) is 16.7 Å². The van der Waals surface area contributed by atoms with E-state index in [1.165, 1.54) is 0 Å². The predicted octanol–water partition coefficient (Wildman–Crippen LogP) is 2.22. The van der Waals surface area contributed by atoms with E-state index in [4.69, 9.17) is 11.5 Å². The second-order valence-electron chi connectivity index (χ2n) is 3.50. The lowest BCUT2D eigenvalue weighted by Crippen LogP contribution is -1.97. The van der Waals surface area contributed by atoms with Crippen molar-refractivity contribution < 1.29 is 0 Å². The van der Waals surface area contributed by atoms with Gasteiger partial charge in [-0.25, -0.2) is 0 Å². The van der Waals surface area contributed by atoms with E-state index >= 15 is 0 Å². The van der Waals surface area contributed by atoms with Crippen molar-refractivity contribution in [3.05, 3.63) is 42.2 Å². The number of aromatic nitrogens is 1. The summed E-state index contributed by atoms with van der Waals surface area (Å²) in [4.78, 5) is 4.10. The van der Waals surface area contributed by atoms with Crippen molar-refractivity contribution in [3.63, 3.8) is 0 Å². The summed E-state index contributed by atoms with van der Waals surface area (Å²) in [5, 5.41) is 0. The number of benzene rings is 1. The van der Waals surface area contributed by atoms with Crippen LogP contribution in [0.25, 0.3) is 11.1 Å². The highest BCUT2D eigenvalue weighted by molar-refractivity contribution is 5.85. The maximum Gasteiger partial charge on any atom is 0.0628 e. The molecule has 2 aromatic rings. The molecule has 0 bridgehead atoms. The van der Waals surface area contributed by atoms with Gasteiger partial charge in [0.15, 0.2) is 0 Å². The Morgan fingerprint density at radius 3 is 2.60 bits per heavy atom. The van der Waals surface area contributed by atoms with Crippen LogP contribution >= 0.6 is 0 Å². The summed E-state index contributed by atoms with van der Waals surface area (Å²) in [6.45, 7) is 2.03. The van der Waals surface area contributed by atoms with Crippen LogP contribution in [0.4, 0.5) is 11.4 Å². The average molecular weight is 199 g/mol. The third-order valence-electron chi connectivity index (χ3n) is 2.47. The molecule has 0 amide bonds. The number of pyridine rings is 1. The first-order valence-electron chi connectivity index (χ1n) is 4.75. The number of aryl methyl sites for hydroxylation is 1. The Bertz CT molecular complexity index is 492. The van der Waals surface area contributed by atoms with Crippen LogP contribution in [0.3, 0.4) is 0 Å². The topological polar surface area (TPSA) is 64.9 Å². The fourth-order valence-electron chi connectivity index (χ4n) is 1.56. The van der Waals surface area contributed by atoms with Crippen LogP contribution in [-0.4, -0.2) is 4.98 Å². The Balaban J connectivity index is 2.65. The number of hydrogen-bond donors (Lipinski definition) is 2. The van der Waals surface area contributed by atoms with Crippen LogP contribution < -0.4 is 11.5 Å². The fourth-order valence-corrected chi connectivity index (χ4v) is 1.56. The number of nitrogens with two attached hydrogens (primary N) is 2. The molecule has 0 unspecified atom stereocenters. The summed E-state index contributed by atoms with van der Waals surface area (Å²) < 4.78 is 0. The molecule has 0 radical (unpaired) electrons. The zero-order valence-electron chi connectivity index (χ0n) is 8.57. The summed E-state index contributed by atoms with van der Waals surface area (Å²) in [5.74, 6) is 0. The van der Waals surface area contributed by atoms with Gasteiger partial charge in [-0.15, -0.1) is 0 Å². The van der Waals surface area contributed by atoms with Gasteiger partial charge < -0.3 is 11.5 Å². The zero-order chi connectivity index (χ0) is 10.8. The van der Waals surface area contributed by atoms with E-state index < -0.39 is 0 Å². The number of nitrogen functional groups attached to an aromatic ring is 2. The molecule has 3 heteroatoms. The lowest BCUT2D eigenvalue weighted by atomic mass is 10.0. The Hall–Kier alpha value is -2.03. The van der Waals surface area contributed by atoms with Crippen LogP contribution in [-0.2, 0) is 0 Å². The lowest BCUT2D eigenvalue weighted by Gasteiger charge is -2.09. The van der Waals surface area contributed by atoms with Gasteiger partial charge in [0.1, 0.15) is 0 Å². The van der Waals surface area contributed by atoms with Gasteiger partial charge >= 0.3 is 0 Å². The van der Waals surface area contributed by atoms with E-state index in [-0.39, 0.29) is 0 Å². The minimum atomic E-state index is 0.607. The second-order valence-corrected chi connectivity index (χ2v) is 3.50. The second kappa shape index (κ2) is 3.61. The van der Waals surface area contributed by atoms with Crippen molar-refractivity contribution in [2.24, 2.45) is 0 Å². The van der Waals surface area contributed by atoms with Gasteiger partial charge in [0.05, 0.1) is 11.4 Å². The van der Waals surface area contributed by atoms with Crippen molar-refractivity contribution in [1.29, 1.82) is 0 Å². The molecule has 0 aliphatic carbocycles. The number of anilines is 2. The quantitative estimate of drug-likeness (QED) is 0.692. The number of para-hydroxylation sites is 1. The van der Waals surface area contributed by atoms with Gasteiger partial charge in [0.2, 0.25) is 0 Å². The standard InChI is InChI=1S/C12H13N3/c1-8-5-6-15-7-10(8)9-3-2-4-11(13)12(9)14/h2-7H,13-14H2,1H3. The number of rotatable bonds is 1. The third-order valence-corrected chi connectivity index (χ3v) is 2.47. The molecule has 0 aliphatic rings. The first-order valence-corrected chi connectivity index (χ1v) is 4.75. The van der Waals surface area contributed by atoms with E-state index in [2.05, 4.69) is 4.98 Å².